The van der Waals surface area contributed by atoms with E-state index in [1.54, 1.807) is 12.3 Å². The van der Waals surface area contributed by atoms with Crippen molar-refractivity contribution in [3.8, 4) is 5.75 Å². The molecule has 0 saturated heterocycles. The second kappa shape index (κ2) is 6.32. The van der Waals surface area contributed by atoms with Crippen molar-refractivity contribution in [3.05, 3.63) is 42.1 Å². The van der Waals surface area contributed by atoms with Crippen molar-refractivity contribution in [2.45, 2.75) is 25.8 Å². The third-order valence-corrected chi connectivity index (χ3v) is 3.13. The summed E-state index contributed by atoms with van der Waals surface area (Å²) < 4.78 is 23.7. The average Bonchev–Trinajstić information content (AvgIpc) is 2.93. The van der Waals surface area contributed by atoms with E-state index in [1.165, 1.54) is 13.2 Å². The van der Waals surface area contributed by atoms with Crippen LogP contribution in [0.25, 0.3) is 0 Å². The van der Waals surface area contributed by atoms with Crippen LogP contribution in [0, 0.1) is 5.82 Å². The quantitative estimate of drug-likeness (QED) is 0.795. The van der Waals surface area contributed by atoms with Crippen molar-refractivity contribution in [2.75, 3.05) is 18.2 Å². The van der Waals surface area contributed by atoms with Crippen LogP contribution in [-0.4, -0.2) is 13.2 Å². The second-order valence-electron chi connectivity index (χ2n) is 4.74. The van der Waals surface area contributed by atoms with Crippen molar-refractivity contribution in [2.24, 2.45) is 0 Å². The highest BCUT2D eigenvalue weighted by atomic mass is 19.1. The normalized spacial score (nSPS) is 12.2. The van der Waals surface area contributed by atoms with Gasteiger partial charge in [-0.25, -0.2) is 4.39 Å². The van der Waals surface area contributed by atoms with Crippen LogP contribution >= 0.6 is 0 Å². The van der Waals surface area contributed by atoms with Crippen LogP contribution in [0.5, 0.6) is 5.75 Å². The van der Waals surface area contributed by atoms with E-state index in [1.807, 2.05) is 19.1 Å². The molecule has 0 spiro atoms. The first kappa shape index (κ1) is 14.2. The Morgan fingerprint density at radius 3 is 2.90 bits per heavy atom. The van der Waals surface area contributed by atoms with Gasteiger partial charge in [0, 0.05) is 24.6 Å². The van der Waals surface area contributed by atoms with Crippen LogP contribution in [0.2, 0.25) is 0 Å². The Kier molecular flexibility index (Phi) is 4.50. The minimum atomic E-state index is -0.459. The summed E-state index contributed by atoms with van der Waals surface area (Å²) in [4.78, 5) is 0. The molecule has 0 bridgehead atoms. The van der Waals surface area contributed by atoms with Crippen LogP contribution < -0.4 is 15.8 Å². The van der Waals surface area contributed by atoms with Gasteiger partial charge in [-0.2, -0.15) is 0 Å². The van der Waals surface area contributed by atoms with Gasteiger partial charge in [-0.3, -0.25) is 0 Å². The number of benzene rings is 1. The van der Waals surface area contributed by atoms with Gasteiger partial charge in [-0.15, -0.1) is 0 Å². The van der Waals surface area contributed by atoms with Gasteiger partial charge < -0.3 is 20.2 Å². The molecule has 20 heavy (non-hydrogen) atoms. The lowest BCUT2D eigenvalue weighted by Crippen LogP contribution is -2.17. The summed E-state index contributed by atoms with van der Waals surface area (Å²) in [7, 11) is 1.43. The molecule has 0 radical (unpaired) electrons. The lowest BCUT2D eigenvalue weighted by Gasteiger charge is -2.17. The van der Waals surface area contributed by atoms with E-state index in [2.05, 4.69) is 5.32 Å². The number of nitrogen functional groups attached to an aromatic ring is 1. The second-order valence-corrected chi connectivity index (χ2v) is 4.74. The lowest BCUT2D eigenvalue weighted by atomic mass is 10.1. The number of hydrogen-bond acceptors (Lipinski definition) is 4. The minimum absolute atomic E-state index is 0.178. The highest BCUT2D eigenvalue weighted by Crippen LogP contribution is 2.28. The number of nitrogens with one attached hydrogen (secondary N) is 1. The predicted octanol–water partition coefficient (Wildman–Crippen LogP) is 3.44. The summed E-state index contributed by atoms with van der Waals surface area (Å²) in [6.07, 6.45) is 3.38. The smallest absolute Gasteiger partial charge is 0.167 e. The predicted molar refractivity (Wildman–Crippen MR) is 77.5 cm³/mol. The molecule has 1 aromatic heterocycles. The van der Waals surface area contributed by atoms with Crippen LogP contribution in [0.4, 0.5) is 15.8 Å². The molecule has 1 heterocycles. The Balaban J connectivity index is 1.98. The summed E-state index contributed by atoms with van der Waals surface area (Å²) >= 11 is 0. The van der Waals surface area contributed by atoms with Crippen molar-refractivity contribution in [1.29, 1.82) is 0 Å². The number of halogens is 1. The molecule has 0 aliphatic carbocycles. The Morgan fingerprint density at radius 1 is 1.45 bits per heavy atom. The molecule has 1 unspecified atom stereocenters. The zero-order valence-electron chi connectivity index (χ0n) is 11.7. The number of rotatable bonds is 6. The fraction of sp³-hybridized carbons (Fsp3) is 0.333. The third kappa shape index (κ3) is 3.44. The van der Waals surface area contributed by atoms with E-state index < -0.39 is 5.82 Å². The first-order valence-electron chi connectivity index (χ1n) is 6.52. The minimum Gasteiger partial charge on any atom is -0.494 e. The van der Waals surface area contributed by atoms with Gasteiger partial charge in [0.05, 0.1) is 24.7 Å². The number of ether oxygens (including phenoxy) is 1. The van der Waals surface area contributed by atoms with E-state index in [4.69, 9.17) is 14.9 Å². The summed E-state index contributed by atoms with van der Waals surface area (Å²) in [5, 5.41) is 3.26. The molecule has 2 aromatic rings. The van der Waals surface area contributed by atoms with Gasteiger partial charge in [0.25, 0.3) is 0 Å². The van der Waals surface area contributed by atoms with Crippen LogP contribution in [0.1, 0.15) is 19.1 Å². The Labute approximate surface area is 117 Å². The van der Waals surface area contributed by atoms with Crippen molar-refractivity contribution >= 4 is 11.4 Å². The maximum Gasteiger partial charge on any atom is 0.167 e. The molecule has 5 heteroatoms. The van der Waals surface area contributed by atoms with Gasteiger partial charge in [-0.05, 0) is 25.5 Å². The molecule has 2 rings (SSSR count). The Morgan fingerprint density at radius 2 is 2.25 bits per heavy atom. The summed E-state index contributed by atoms with van der Waals surface area (Å²) in [6.45, 7) is 2.04. The molecule has 3 N–H and O–H groups in total. The molecule has 1 aromatic carbocycles. The molecule has 0 aliphatic heterocycles. The maximum absolute atomic E-state index is 13.5. The van der Waals surface area contributed by atoms with Crippen molar-refractivity contribution in [3.63, 3.8) is 0 Å². The van der Waals surface area contributed by atoms with E-state index in [0.717, 1.165) is 18.6 Å². The van der Waals surface area contributed by atoms with E-state index in [9.17, 15) is 4.39 Å². The van der Waals surface area contributed by atoms with Gasteiger partial charge in [0.2, 0.25) is 0 Å². The van der Waals surface area contributed by atoms with Gasteiger partial charge in [-0.1, -0.05) is 0 Å². The molecular weight excluding hydrogens is 259 g/mol. The first-order chi connectivity index (χ1) is 9.60. The Hall–Kier alpha value is -2.17. The highest BCUT2D eigenvalue weighted by Gasteiger charge is 2.11. The van der Waals surface area contributed by atoms with E-state index in [-0.39, 0.29) is 11.8 Å². The van der Waals surface area contributed by atoms with Crippen LogP contribution in [0.3, 0.4) is 0 Å². The third-order valence-electron chi connectivity index (χ3n) is 3.13. The summed E-state index contributed by atoms with van der Waals surface area (Å²) in [5.41, 5.74) is 6.85. The van der Waals surface area contributed by atoms with Crippen LogP contribution in [0.15, 0.2) is 34.9 Å². The molecule has 0 fully saturated rings. The molecule has 0 saturated carbocycles. The topological polar surface area (TPSA) is 60.4 Å². The highest BCUT2D eigenvalue weighted by molar-refractivity contribution is 5.68. The summed E-state index contributed by atoms with van der Waals surface area (Å²) in [6, 6.07) is 6.84. The molecule has 4 nitrogen and oxygen atoms in total. The monoisotopic (exact) mass is 278 g/mol. The number of hydrogen-bond donors (Lipinski definition) is 2. The SMILES string of the molecule is COc1cc(NC(C)CCc2ccco2)c(N)cc1F. The number of furan rings is 1. The van der Waals surface area contributed by atoms with E-state index >= 15 is 0 Å². The average molecular weight is 278 g/mol. The molecule has 108 valence electrons. The molecule has 0 aliphatic rings. The Bertz CT molecular complexity index is 555. The lowest BCUT2D eigenvalue weighted by molar-refractivity contribution is 0.387. The molecule has 0 amide bonds. The number of anilines is 2. The maximum atomic E-state index is 13.5. The van der Waals surface area contributed by atoms with E-state index in [0.29, 0.717) is 11.4 Å². The van der Waals surface area contributed by atoms with Crippen LogP contribution in [-0.2, 0) is 6.42 Å². The largest absolute Gasteiger partial charge is 0.494 e. The van der Waals surface area contributed by atoms with Crippen molar-refractivity contribution < 1.29 is 13.5 Å². The first-order valence-corrected chi connectivity index (χ1v) is 6.52. The zero-order valence-corrected chi connectivity index (χ0v) is 11.7. The number of methoxy groups -OCH3 is 1. The molecule has 1 atom stereocenters. The number of aryl methyl sites for hydroxylation is 1. The number of nitrogens with two attached hydrogens (primary N) is 1. The molecular formula is C15H19FN2O2. The van der Waals surface area contributed by atoms with Gasteiger partial charge >= 0.3 is 0 Å². The fourth-order valence-electron chi connectivity index (χ4n) is 2.00. The van der Waals surface area contributed by atoms with Gasteiger partial charge in [0.15, 0.2) is 11.6 Å². The fourth-order valence-corrected chi connectivity index (χ4v) is 2.00. The summed E-state index contributed by atoms with van der Waals surface area (Å²) in [5.74, 6) is 0.669. The van der Waals surface area contributed by atoms with Crippen molar-refractivity contribution in [1.82, 2.24) is 0 Å². The standard InChI is InChI=1S/C15H19FN2O2/c1-10(5-6-11-4-3-7-20-11)18-14-9-15(19-2)12(16)8-13(14)17/h3-4,7-10,18H,5-6,17H2,1-2H3. The van der Waals surface area contributed by atoms with Gasteiger partial charge in [0.1, 0.15) is 5.76 Å². The zero-order chi connectivity index (χ0) is 14.5.